The number of hydrogen-bond donors (Lipinski definition) is 3. The average molecular weight is 554 g/mol. The van der Waals surface area contributed by atoms with Gasteiger partial charge in [-0.15, -0.1) is 0 Å². The number of rotatable bonds is 11. The summed E-state index contributed by atoms with van der Waals surface area (Å²) in [7, 11) is 0. The molecule has 1 aromatic heterocycles. The lowest BCUT2D eigenvalue weighted by molar-refractivity contribution is -0.141. The molecule has 5 rings (SSSR count). The SMILES string of the molecule is O=C(O)CCC(=O)NC(CSCc1ccc(-c2ccc(-c3cccc4c3oc3ccccc34)cc2)cc1)C(=O)O. The molecular formula is C32H27NO6S. The van der Waals surface area contributed by atoms with Crippen LogP contribution in [0.3, 0.4) is 0 Å². The first-order chi connectivity index (χ1) is 19.4. The fourth-order valence-electron chi connectivity index (χ4n) is 4.57. The standard InChI is InChI=1S/C32H27NO6S/c34-29(16-17-30(35)36)33-27(32(37)38)19-40-18-20-8-10-21(11-9-20)22-12-14-23(15-13-22)24-5-3-6-26-25-4-1-2-7-28(25)39-31(24)26/h1-15,27H,16-19H2,(H,33,34)(H,35,36)(H,37,38). The Kier molecular flexibility index (Phi) is 8.17. The fraction of sp³-hybridized carbons (Fsp3) is 0.156. The molecule has 202 valence electrons. The zero-order valence-corrected chi connectivity index (χ0v) is 22.3. The van der Waals surface area contributed by atoms with Crippen LogP contribution in [0.25, 0.3) is 44.2 Å². The molecule has 0 saturated carbocycles. The first-order valence-electron chi connectivity index (χ1n) is 12.8. The first-order valence-corrected chi connectivity index (χ1v) is 14.0. The van der Waals surface area contributed by atoms with Crippen LogP contribution in [-0.4, -0.2) is 39.9 Å². The van der Waals surface area contributed by atoms with E-state index in [0.29, 0.717) is 5.75 Å². The molecule has 1 unspecified atom stereocenters. The van der Waals surface area contributed by atoms with Crippen molar-refractivity contribution in [2.24, 2.45) is 0 Å². The highest BCUT2D eigenvalue weighted by molar-refractivity contribution is 7.98. The van der Waals surface area contributed by atoms with E-state index in [-0.39, 0.29) is 18.6 Å². The van der Waals surface area contributed by atoms with Gasteiger partial charge < -0.3 is 19.9 Å². The van der Waals surface area contributed by atoms with Gasteiger partial charge in [0.2, 0.25) is 5.91 Å². The van der Waals surface area contributed by atoms with E-state index in [2.05, 4.69) is 53.8 Å². The number of carboxylic acids is 2. The van der Waals surface area contributed by atoms with Crippen molar-refractivity contribution < 1.29 is 29.0 Å². The Balaban J connectivity index is 1.21. The predicted octanol–water partition coefficient (Wildman–Crippen LogP) is 6.59. The third kappa shape index (κ3) is 6.18. The molecule has 0 fully saturated rings. The molecule has 1 amide bonds. The van der Waals surface area contributed by atoms with Gasteiger partial charge >= 0.3 is 11.9 Å². The molecule has 0 spiro atoms. The lowest BCUT2D eigenvalue weighted by Crippen LogP contribution is -2.42. The number of fused-ring (bicyclic) bond motifs is 3. The smallest absolute Gasteiger partial charge is 0.327 e. The largest absolute Gasteiger partial charge is 0.481 e. The predicted molar refractivity (Wildman–Crippen MR) is 157 cm³/mol. The second kappa shape index (κ2) is 12.1. The second-order valence-corrected chi connectivity index (χ2v) is 10.5. The molecule has 0 aliphatic rings. The number of carbonyl (C=O) groups excluding carboxylic acids is 1. The third-order valence-electron chi connectivity index (χ3n) is 6.64. The van der Waals surface area contributed by atoms with E-state index < -0.39 is 23.9 Å². The van der Waals surface area contributed by atoms with Crippen molar-refractivity contribution in [1.82, 2.24) is 5.32 Å². The molecular weight excluding hydrogens is 526 g/mol. The maximum atomic E-state index is 11.8. The molecule has 0 aliphatic carbocycles. The molecule has 4 aromatic carbocycles. The van der Waals surface area contributed by atoms with Crippen molar-refractivity contribution in [3.05, 3.63) is 96.6 Å². The van der Waals surface area contributed by atoms with E-state index in [1.807, 2.05) is 42.5 Å². The summed E-state index contributed by atoms with van der Waals surface area (Å²) < 4.78 is 6.19. The van der Waals surface area contributed by atoms with Crippen molar-refractivity contribution in [3.63, 3.8) is 0 Å². The van der Waals surface area contributed by atoms with Crippen LogP contribution in [0, 0.1) is 0 Å². The Morgan fingerprint density at radius 3 is 2.10 bits per heavy atom. The number of furan rings is 1. The summed E-state index contributed by atoms with van der Waals surface area (Å²) in [6.45, 7) is 0. The zero-order chi connectivity index (χ0) is 28.1. The molecule has 3 N–H and O–H groups in total. The summed E-state index contributed by atoms with van der Waals surface area (Å²) in [6, 6.07) is 29.6. The lowest BCUT2D eigenvalue weighted by atomic mass is 9.98. The van der Waals surface area contributed by atoms with Crippen LogP contribution >= 0.6 is 11.8 Å². The third-order valence-corrected chi connectivity index (χ3v) is 7.75. The van der Waals surface area contributed by atoms with Gasteiger partial charge in [-0.1, -0.05) is 84.9 Å². The molecule has 0 aliphatic heterocycles. The van der Waals surface area contributed by atoms with Crippen molar-refractivity contribution >= 4 is 51.5 Å². The normalized spacial score (nSPS) is 11.9. The number of para-hydroxylation sites is 2. The average Bonchev–Trinajstić information content (AvgIpc) is 3.35. The van der Waals surface area contributed by atoms with Crippen LogP contribution in [0.1, 0.15) is 18.4 Å². The number of hydrogen-bond acceptors (Lipinski definition) is 5. The summed E-state index contributed by atoms with van der Waals surface area (Å²) in [5.41, 5.74) is 7.05. The van der Waals surface area contributed by atoms with E-state index in [0.717, 1.165) is 49.8 Å². The summed E-state index contributed by atoms with van der Waals surface area (Å²) in [5, 5.41) is 22.7. The number of carboxylic acid groups (broad SMARTS) is 2. The summed E-state index contributed by atoms with van der Waals surface area (Å²) in [4.78, 5) is 33.9. The fourth-order valence-corrected chi connectivity index (χ4v) is 5.57. The van der Waals surface area contributed by atoms with E-state index >= 15 is 0 Å². The highest BCUT2D eigenvalue weighted by Gasteiger charge is 2.20. The molecule has 1 heterocycles. The van der Waals surface area contributed by atoms with Crippen molar-refractivity contribution in [2.45, 2.75) is 24.6 Å². The highest BCUT2D eigenvalue weighted by Crippen LogP contribution is 2.36. The topological polar surface area (TPSA) is 117 Å². The Hall–Kier alpha value is -4.56. The van der Waals surface area contributed by atoms with Crippen LogP contribution < -0.4 is 5.32 Å². The van der Waals surface area contributed by atoms with Gasteiger partial charge in [0.15, 0.2) is 0 Å². The minimum Gasteiger partial charge on any atom is -0.481 e. The van der Waals surface area contributed by atoms with Crippen molar-refractivity contribution in [2.75, 3.05) is 5.75 Å². The van der Waals surface area contributed by atoms with Crippen molar-refractivity contribution in [1.29, 1.82) is 0 Å². The van der Waals surface area contributed by atoms with E-state index in [9.17, 15) is 19.5 Å². The minimum absolute atomic E-state index is 0.176. The van der Waals surface area contributed by atoms with E-state index in [1.165, 1.54) is 11.8 Å². The molecule has 1 atom stereocenters. The van der Waals surface area contributed by atoms with Gasteiger partial charge in [0.05, 0.1) is 6.42 Å². The van der Waals surface area contributed by atoms with Crippen LogP contribution in [0.5, 0.6) is 0 Å². The number of thioether (sulfide) groups is 1. The number of nitrogens with one attached hydrogen (secondary N) is 1. The minimum atomic E-state index is -1.15. The Bertz CT molecular complexity index is 1670. The molecule has 0 bridgehead atoms. The van der Waals surface area contributed by atoms with Crippen molar-refractivity contribution in [3.8, 4) is 22.3 Å². The maximum Gasteiger partial charge on any atom is 0.327 e. The molecule has 40 heavy (non-hydrogen) atoms. The van der Waals surface area contributed by atoms with Gasteiger partial charge in [0.25, 0.3) is 0 Å². The molecule has 7 nitrogen and oxygen atoms in total. The van der Waals surface area contributed by atoms with Gasteiger partial charge in [0, 0.05) is 34.3 Å². The number of aliphatic carboxylic acids is 2. The number of amides is 1. The molecule has 8 heteroatoms. The quantitative estimate of drug-likeness (QED) is 0.169. The number of carbonyl (C=O) groups is 3. The monoisotopic (exact) mass is 553 g/mol. The van der Waals surface area contributed by atoms with Crippen LogP contribution in [0.4, 0.5) is 0 Å². The Morgan fingerprint density at radius 1 is 0.750 bits per heavy atom. The Morgan fingerprint density at radius 2 is 1.40 bits per heavy atom. The highest BCUT2D eigenvalue weighted by atomic mass is 32.2. The summed E-state index contributed by atoms with van der Waals surface area (Å²) in [6.07, 6.45) is -0.584. The van der Waals surface area contributed by atoms with Gasteiger partial charge in [-0.3, -0.25) is 9.59 Å². The molecule has 5 aromatic rings. The zero-order valence-electron chi connectivity index (χ0n) is 21.5. The Labute approximate surface area is 234 Å². The second-order valence-electron chi connectivity index (χ2n) is 9.42. The van der Waals surface area contributed by atoms with E-state index in [1.54, 1.807) is 0 Å². The molecule has 0 radical (unpaired) electrons. The summed E-state index contributed by atoms with van der Waals surface area (Å²) >= 11 is 1.39. The van der Waals surface area contributed by atoms with Crippen LogP contribution in [-0.2, 0) is 20.1 Å². The lowest BCUT2D eigenvalue weighted by Gasteiger charge is -2.14. The summed E-state index contributed by atoms with van der Waals surface area (Å²) in [5.74, 6) is -2.08. The molecule has 0 saturated heterocycles. The van der Waals surface area contributed by atoms with Crippen LogP contribution in [0.2, 0.25) is 0 Å². The van der Waals surface area contributed by atoms with Gasteiger partial charge in [-0.05, 0) is 28.3 Å². The number of benzene rings is 4. The van der Waals surface area contributed by atoms with Gasteiger partial charge in [-0.25, -0.2) is 4.79 Å². The van der Waals surface area contributed by atoms with Gasteiger partial charge in [0.1, 0.15) is 17.2 Å². The first kappa shape index (κ1) is 27.0. The van der Waals surface area contributed by atoms with E-state index in [4.69, 9.17) is 9.52 Å². The van der Waals surface area contributed by atoms with Gasteiger partial charge in [-0.2, -0.15) is 11.8 Å². The van der Waals surface area contributed by atoms with Crippen LogP contribution in [0.15, 0.2) is 95.4 Å². The maximum absolute atomic E-state index is 11.8.